The van der Waals surface area contributed by atoms with Crippen LogP contribution in [0.4, 0.5) is 0 Å². The molecule has 0 spiro atoms. The van der Waals surface area contributed by atoms with Gasteiger partial charge in [-0.3, -0.25) is 9.59 Å². The molecule has 1 heterocycles. The molecule has 0 radical (unpaired) electrons. The van der Waals surface area contributed by atoms with Crippen molar-refractivity contribution in [1.29, 1.82) is 0 Å². The fourth-order valence-corrected chi connectivity index (χ4v) is 4.17. The van der Waals surface area contributed by atoms with Crippen LogP contribution in [0.15, 0.2) is 27.4 Å². The van der Waals surface area contributed by atoms with E-state index in [9.17, 15) is 14.4 Å². The Labute approximate surface area is 177 Å². The standard InChI is InChI=1S/C24H31NO5/c1-15-10-18-17(12-21(27)30-19(18)11-16(15)2)14-29-22(28)24(8-6-7-9-24)13-20(26)25-23(3,4)5/h10-12H,6-9,13-14H2,1-5H3,(H,25,26). The monoisotopic (exact) mass is 413 g/mol. The Balaban J connectivity index is 1.80. The Hall–Kier alpha value is -2.63. The largest absolute Gasteiger partial charge is 0.460 e. The molecule has 3 rings (SSSR count). The number of hydrogen-bond acceptors (Lipinski definition) is 5. The highest BCUT2D eigenvalue weighted by Gasteiger charge is 2.44. The first kappa shape index (κ1) is 22.1. The summed E-state index contributed by atoms with van der Waals surface area (Å²) in [5.74, 6) is -0.507. The summed E-state index contributed by atoms with van der Waals surface area (Å²) in [6.07, 6.45) is 3.19. The number of amides is 1. The highest BCUT2D eigenvalue weighted by molar-refractivity contribution is 5.87. The van der Waals surface area contributed by atoms with Crippen LogP contribution in [-0.2, 0) is 20.9 Å². The van der Waals surface area contributed by atoms with Gasteiger partial charge in [-0.1, -0.05) is 12.8 Å². The quantitative estimate of drug-likeness (QED) is 0.583. The molecule has 2 aromatic rings. The number of carbonyl (C=O) groups is 2. The van der Waals surface area contributed by atoms with E-state index in [0.29, 0.717) is 24.0 Å². The molecular weight excluding hydrogens is 382 g/mol. The minimum absolute atomic E-state index is 0.0218. The zero-order valence-electron chi connectivity index (χ0n) is 18.5. The minimum Gasteiger partial charge on any atom is -0.460 e. The number of benzene rings is 1. The number of rotatable bonds is 5. The maximum absolute atomic E-state index is 13.1. The molecule has 1 aromatic carbocycles. The molecule has 1 saturated carbocycles. The first-order chi connectivity index (χ1) is 14.0. The molecule has 1 aromatic heterocycles. The topological polar surface area (TPSA) is 85.6 Å². The van der Waals surface area contributed by atoms with Gasteiger partial charge in [-0.2, -0.15) is 0 Å². The second-order valence-electron chi connectivity index (χ2n) is 9.56. The lowest BCUT2D eigenvalue weighted by molar-refractivity contribution is -0.159. The van der Waals surface area contributed by atoms with Gasteiger partial charge in [-0.15, -0.1) is 0 Å². The Kier molecular flexibility index (Phi) is 6.06. The Bertz CT molecular complexity index is 1020. The summed E-state index contributed by atoms with van der Waals surface area (Å²) in [5.41, 5.74) is 1.56. The lowest BCUT2D eigenvalue weighted by atomic mass is 9.82. The van der Waals surface area contributed by atoms with E-state index in [1.165, 1.54) is 6.07 Å². The zero-order chi connectivity index (χ0) is 22.1. The van der Waals surface area contributed by atoms with E-state index in [-0.39, 0.29) is 30.4 Å². The van der Waals surface area contributed by atoms with Crippen LogP contribution in [0.1, 0.15) is 69.6 Å². The van der Waals surface area contributed by atoms with Crippen molar-refractivity contribution in [3.8, 4) is 0 Å². The molecule has 6 heteroatoms. The molecule has 1 aliphatic carbocycles. The Morgan fingerprint density at radius 1 is 1.10 bits per heavy atom. The fraction of sp³-hybridized carbons (Fsp3) is 0.542. The number of esters is 1. The van der Waals surface area contributed by atoms with E-state index >= 15 is 0 Å². The molecule has 1 fully saturated rings. The maximum atomic E-state index is 13.1. The van der Waals surface area contributed by atoms with E-state index < -0.39 is 11.0 Å². The molecule has 1 aliphatic rings. The van der Waals surface area contributed by atoms with Gasteiger partial charge in [0.05, 0.1) is 5.41 Å². The second-order valence-corrected chi connectivity index (χ2v) is 9.56. The van der Waals surface area contributed by atoms with Gasteiger partial charge in [0.15, 0.2) is 0 Å². The Morgan fingerprint density at radius 3 is 2.37 bits per heavy atom. The molecule has 0 bridgehead atoms. The van der Waals surface area contributed by atoms with Crippen LogP contribution >= 0.6 is 0 Å². The maximum Gasteiger partial charge on any atom is 0.336 e. The summed E-state index contributed by atoms with van der Waals surface area (Å²) in [6.45, 7) is 9.66. The molecule has 1 amide bonds. The van der Waals surface area contributed by atoms with Crippen LogP contribution in [0, 0.1) is 19.3 Å². The first-order valence-electron chi connectivity index (χ1n) is 10.5. The van der Waals surface area contributed by atoms with Crippen molar-refractivity contribution in [2.24, 2.45) is 5.41 Å². The van der Waals surface area contributed by atoms with Crippen molar-refractivity contribution in [3.05, 3.63) is 45.3 Å². The van der Waals surface area contributed by atoms with Gasteiger partial charge in [0.2, 0.25) is 5.91 Å². The summed E-state index contributed by atoms with van der Waals surface area (Å²) in [6, 6.07) is 5.14. The third-order valence-corrected chi connectivity index (χ3v) is 5.81. The zero-order valence-corrected chi connectivity index (χ0v) is 18.5. The van der Waals surface area contributed by atoms with Crippen LogP contribution in [0.5, 0.6) is 0 Å². The van der Waals surface area contributed by atoms with Crippen LogP contribution < -0.4 is 10.9 Å². The number of fused-ring (bicyclic) bond motifs is 1. The van der Waals surface area contributed by atoms with Crippen LogP contribution in [0.3, 0.4) is 0 Å². The lowest BCUT2D eigenvalue weighted by Gasteiger charge is -2.28. The molecule has 0 saturated heterocycles. The van der Waals surface area contributed by atoms with Crippen LogP contribution in [0.2, 0.25) is 0 Å². The van der Waals surface area contributed by atoms with Gasteiger partial charge in [0.25, 0.3) is 0 Å². The minimum atomic E-state index is -0.795. The molecule has 6 nitrogen and oxygen atoms in total. The average Bonchev–Trinajstić information content (AvgIpc) is 3.08. The first-order valence-corrected chi connectivity index (χ1v) is 10.5. The van der Waals surface area contributed by atoms with E-state index in [2.05, 4.69) is 5.32 Å². The Morgan fingerprint density at radius 2 is 1.73 bits per heavy atom. The highest BCUT2D eigenvalue weighted by atomic mass is 16.5. The van der Waals surface area contributed by atoms with Gasteiger partial charge in [0, 0.05) is 29.0 Å². The van der Waals surface area contributed by atoms with Crippen molar-refractivity contribution in [2.75, 3.05) is 0 Å². The summed E-state index contributed by atoms with van der Waals surface area (Å²) in [4.78, 5) is 37.6. The number of nitrogens with one attached hydrogen (secondary N) is 1. The molecule has 0 aliphatic heterocycles. The van der Waals surface area contributed by atoms with Gasteiger partial charge >= 0.3 is 11.6 Å². The molecule has 30 heavy (non-hydrogen) atoms. The third kappa shape index (κ3) is 4.91. The van der Waals surface area contributed by atoms with Gasteiger partial charge in [-0.25, -0.2) is 4.79 Å². The predicted octanol–water partition coefficient (Wildman–Crippen LogP) is 4.32. The smallest absolute Gasteiger partial charge is 0.336 e. The molecule has 162 valence electrons. The average molecular weight is 414 g/mol. The fourth-order valence-electron chi connectivity index (χ4n) is 4.17. The SMILES string of the molecule is Cc1cc2oc(=O)cc(COC(=O)C3(CC(=O)NC(C)(C)C)CCCC3)c2cc1C. The third-order valence-electron chi connectivity index (χ3n) is 5.81. The summed E-state index contributed by atoms with van der Waals surface area (Å²) in [7, 11) is 0. The molecule has 0 atom stereocenters. The lowest BCUT2D eigenvalue weighted by Crippen LogP contribution is -2.44. The number of ether oxygens (including phenoxy) is 1. The van der Waals surface area contributed by atoms with Crippen molar-refractivity contribution in [1.82, 2.24) is 5.32 Å². The summed E-state index contributed by atoms with van der Waals surface area (Å²) < 4.78 is 11.0. The van der Waals surface area contributed by atoms with Gasteiger partial charge < -0.3 is 14.5 Å². The number of aryl methyl sites for hydroxylation is 2. The van der Waals surface area contributed by atoms with Crippen molar-refractivity contribution in [3.63, 3.8) is 0 Å². The highest BCUT2D eigenvalue weighted by Crippen LogP contribution is 2.42. The van der Waals surface area contributed by atoms with Gasteiger partial charge in [0.1, 0.15) is 12.2 Å². The molecule has 0 unspecified atom stereocenters. The van der Waals surface area contributed by atoms with E-state index in [1.807, 2.05) is 46.8 Å². The number of carbonyl (C=O) groups excluding carboxylic acids is 2. The van der Waals surface area contributed by atoms with E-state index in [4.69, 9.17) is 9.15 Å². The van der Waals surface area contributed by atoms with Crippen molar-refractivity contribution < 1.29 is 18.7 Å². The van der Waals surface area contributed by atoms with E-state index in [0.717, 1.165) is 29.4 Å². The molecule has 1 N–H and O–H groups in total. The summed E-state index contributed by atoms with van der Waals surface area (Å²) >= 11 is 0. The predicted molar refractivity (Wildman–Crippen MR) is 115 cm³/mol. The summed E-state index contributed by atoms with van der Waals surface area (Å²) in [5, 5.41) is 3.70. The van der Waals surface area contributed by atoms with E-state index in [1.54, 1.807) is 0 Å². The van der Waals surface area contributed by atoms with Crippen LogP contribution in [-0.4, -0.2) is 17.4 Å². The number of hydrogen-bond donors (Lipinski definition) is 1. The van der Waals surface area contributed by atoms with Crippen molar-refractivity contribution >= 4 is 22.8 Å². The second kappa shape index (κ2) is 8.25. The van der Waals surface area contributed by atoms with Crippen LogP contribution in [0.25, 0.3) is 11.0 Å². The van der Waals surface area contributed by atoms with Gasteiger partial charge in [-0.05, 0) is 70.7 Å². The van der Waals surface area contributed by atoms with Crippen molar-refractivity contribution in [2.45, 2.75) is 78.9 Å². The molecular formula is C24H31NO5. The normalized spacial score (nSPS) is 15.9.